The van der Waals surface area contributed by atoms with Crippen LogP contribution in [0.2, 0.25) is 0 Å². The Morgan fingerprint density at radius 2 is 2.28 bits per heavy atom. The van der Waals surface area contributed by atoms with Crippen molar-refractivity contribution in [3.05, 3.63) is 11.8 Å². The lowest BCUT2D eigenvalue weighted by Crippen LogP contribution is -2.27. The maximum Gasteiger partial charge on any atom is 0.340 e. The molecule has 1 unspecified atom stereocenters. The first-order valence-electron chi connectivity index (χ1n) is 5.29. The molecule has 0 aromatic carbocycles. The normalized spacial score (nSPS) is 13.4. The summed E-state index contributed by atoms with van der Waals surface area (Å²) >= 11 is 0. The number of sulfonamides is 1. The summed E-state index contributed by atoms with van der Waals surface area (Å²) in [6, 6.07) is 0. The van der Waals surface area contributed by atoms with Gasteiger partial charge in [-0.05, 0) is 19.8 Å². The molecule has 1 aromatic heterocycles. The van der Waals surface area contributed by atoms with E-state index in [0.717, 1.165) is 6.20 Å². The number of nitrogens with one attached hydrogen (secondary N) is 2. The Kier molecular flexibility index (Phi) is 4.82. The Labute approximate surface area is 104 Å². The number of hydrogen-bond acceptors (Lipinski definition) is 5. The summed E-state index contributed by atoms with van der Waals surface area (Å²) in [4.78, 5) is 10.8. The van der Waals surface area contributed by atoms with Gasteiger partial charge in [-0.1, -0.05) is 0 Å². The molecule has 0 saturated carbocycles. The molecule has 1 atom stereocenters. The van der Waals surface area contributed by atoms with Crippen molar-refractivity contribution in [2.75, 3.05) is 6.54 Å². The molecule has 1 aromatic rings. The van der Waals surface area contributed by atoms with Crippen LogP contribution >= 0.6 is 0 Å². The number of aromatic amines is 1. The van der Waals surface area contributed by atoms with Gasteiger partial charge in [-0.15, -0.1) is 0 Å². The van der Waals surface area contributed by atoms with Gasteiger partial charge < -0.3 is 10.2 Å². The van der Waals surface area contributed by atoms with E-state index in [1.807, 2.05) is 0 Å². The summed E-state index contributed by atoms with van der Waals surface area (Å²) in [5.41, 5.74) is -0.405. The zero-order valence-corrected chi connectivity index (χ0v) is 10.6. The van der Waals surface area contributed by atoms with E-state index >= 15 is 0 Å². The largest absolute Gasteiger partial charge is 0.478 e. The van der Waals surface area contributed by atoms with E-state index in [1.54, 1.807) is 6.92 Å². The lowest BCUT2D eigenvalue weighted by molar-refractivity contribution is 0.0692. The first-order chi connectivity index (χ1) is 8.34. The first kappa shape index (κ1) is 14.6. The van der Waals surface area contributed by atoms with E-state index < -0.39 is 32.7 Å². The summed E-state index contributed by atoms with van der Waals surface area (Å²) < 4.78 is 25.7. The van der Waals surface area contributed by atoms with E-state index in [2.05, 4.69) is 14.9 Å². The minimum Gasteiger partial charge on any atom is -0.478 e. The third-order valence-corrected chi connectivity index (χ3v) is 3.63. The molecular formula is C9H15N3O5S. The van der Waals surface area contributed by atoms with Gasteiger partial charge in [0.15, 0.2) is 5.03 Å². The molecule has 8 nitrogen and oxygen atoms in total. The van der Waals surface area contributed by atoms with Crippen molar-refractivity contribution in [2.45, 2.75) is 30.9 Å². The number of carboxylic acids is 1. The van der Waals surface area contributed by atoms with Gasteiger partial charge in [0.25, 0.3) is 10.0 Å². The fraction of sp³-hybridized carbons (Fsp3) is 0.556. The van der Waals surface area contributed by atoms with Gasteiger partial charge in [-0.2, -0.15) is 5.10 Å². The smallest absolute Gasteiger partial charge is 0.340 e. The predicted molar refractivity (Wildman–Crippen MR) is 61.7 cm³/mol. The summed E-state index contributed by atoms with van der Waals surface area (Å²) in [7, 11) is -3.92. The highest BCUT2D eigenvalue weighted by Crippen LogP contribution is 2.11. The molecule has 0 aliphatic heterocycles. The zero-order valence-electron chi connectivity index (χ0n) is 9.75. The molecule has 9 heteroatoms. The number of aromatic carboxylic acids is 1. The Balaban J connectivity index is 2.69. The molecule has 0 aliphatic carbocycles. The molecule has 4 N–H and O–H groups in total. The van der Waals surface area contributed by atoms with Gasteiger partial charge in [0.05, 0.1) is 12.3 Å². The van der Waals surface area contributed by atoms with Crippen LogP contribution in [0.5, 0.6) is 0 Å². The number of aliphatic hydroxyl groups excluding tert-OH is 1. The maximum absolute atomic E-state index is 11.8. The van der Waals surface area contributed by atoms with Gasteiger partial charge in [-0.25, -0.2) is 17.9 Å². The number of carbonyl (C=O) groups is 1. The molecular weight excluding hydrogens is 262 g/mol. The number of nitrogens with zero attached hydrogens (tertiary/aromatic N) is 1. The van der Waals surface area contributed by atoms with Crippen LogP contribution in [0, 0.1) is 0 Å². The van der Waals surface area contributed by atoms with Gasteiger partial charge in [0.2, 0.25) is 0 Å². The number of H-pyrrole nitrogens is 1. The maximum atomic E-state index is 11.8. The lowest BCUT2D eigenvalue weighted by Gasteiger charge is -2.06. The van der Waals surface area contributed by atoms with Crippen molar-refractivity contribution in [3.63, 3.8) is 0 Å². The summed E-state index contributed by atoms with van der Waals surface area (Å²) in [6.45, 7) is 1.72. The van der Waals surface area contributed by atoms with Crippen molar-refractivity contribution in [1.29, 1.82) is 0 Å². The van der Waals surface area contributed by atoms with Crippen molar-refractivity contribution in [2.24, 2.45) is 0 Å². The zero-order chi connectivity index (χ0) is 13.8. The second-order valence-corrected chi connectivity index (χ2v) is 5.51. The highest BCUT2D eigenvalue weighted by Gasteiger charge is 2.24. The first-order valence-corrected chi connectivity index (χ1v) is 6.77. The quantitative estimate of drug-likeness (QED) is 0.499. The molecule has 0 spiro atoms. The second kappa shape index (κ2) is 5.94. The average Bonchev–Trinajstić information content (AvgIpc) is 2.73. The highest BCUT2D eigenvalue weighted by atomic mass is 32.2. The van der Waals surface area contributed by atoms with Crippen LogP contribution in [0.3, 0.4) is 0 Å². The fourth-order valence-corrected chi connectivity index (χ4v) is 2.47. The fourth-order valence-electron chi connectivity index (χ4n) is 1.31. The number of rotatable bonds is 7. The minimum atomic E-state index is -3.92. The minimum absolute atomic E-state index is 0.116. The van der Waals surface area contributed by atoms with Crippen LogP contribution in [0.1, 0.15) is 30.1 Å². The molecule has 0 aliphatic rings. The second-order valence-electron chi connectivity index (χ2n) is 3.81. The van der Waals surface area contributed by atoms with Crippen molar-refractivity contribution < 1.29 is 23.4 Å². The monoisotopic (exact) mass is 277 g/mol. The molecule has 1 rings (SSSR count). The van der Waals surface area contributed by atoms with Crippen molar-refractivity contribution in [3.8, 4) is 0 Å². The standard InChI is InChI=1S/C9H15N3O5S/c1-6(13)3-2-4-11-18(16,17)8-7(9(14)15)5-10-12-8/h5-6,11,13H,2-4H2,1H3,(H,10,12)(H,14,15). The molecule has 0 amide bonds. The Morgan fingerprint density at radius 1 is 1.61 bits per heavy atom. The van der Waals surface area contributed by atoms with E-state index in [9.17, 15) is 13.2 Å². The Morgan fingerprint density at radius 3 is 2.83 bits per heavy atom. The van der Waals surface area contributed by atoms with Crippen LogP contribution in [0.4, 0.5) is 0 Å². The Bertz CT molecular complexity index is 508. The Hall–Kier alpha value is -1.45. The third-order valence-electron chi connectivity index (χ3n) is 2.19. The number of aromatic nitrogens is 2. The SMILES string of the molecule is CC(O)CCCNS(=O)(=O)c1[nH]ncc1C(=O)O. The molecule has 18 heavy (non-hydrogen) atoms. The van der Waals surface area contributed by atoms with Crippen LogP contribution in [0.25, 0.3) is 0 Å². The lowest BCUT2D eigenvalue weighted by atomic mass is 10.2. The van der Waals surface area contributed by atoms with E-state index in [4.69, 9.17) is 10.2 Å². The average molecular weight is 277 g/mol. The molecule has 0 saturated heterocycles. The van der Waals surface area contributed by atoms with Crippen LogP contribution in [-0.2, 0) is 10.0 Å². The van der Waals surface area contributed by atoms with E-state index in [0.29, 0.717) is 12.8 Å². The van der Waals surface area contributed by atoms with Gasteiger partial charge >= 0.3 is 5.97 Å². The van der Waals surface area contributed by atoms with Gasteiger partial charge in [0, 0.05) is 6.54 Å². The number of carboxylic acid groups (broad SMARTS) is 1. The molecule has 102 valence electrons. The summed E-state index contributed by atoms with van der Waals surface area (Å²) in [5, 5.41) is 22.9. The third kappa shape index (κ3) is 3.79. The molecule has 0 radical (unpaired) electrons. The number of aliphatic hydroxyl groups is 1. The summed E-state index contributed by atoms with van der Waals surface area (Å²) in [6.07, 6.45) is 1.34. The topological polar surface area (TPSA) is 132 Å². The van der Waals surface area contributed by atoms with Gasteiger partial charge in [-0.3, -0.25) is 5.10 Å². The molecule has 0 bridgehead atoms. The molecule has 0 fully saturated rings. The van der Waals surface area contributed by atoms with E-state index in [-0.39, 0.29) is 6.54 Å². The van der Waals surface area contributed by atoms with Crippen LogP contribution in [-0.4, -0.2) is 47.4 Å². The van der Waals surface area contributed by atoms with Crippen LogP contribution in [0.15, 0.2) is 11.2 Å². The predicted octanol–water partition coefficient (Wildman–Crippen LogP) is -0.453. The van der Waals surface area contributed by atoms with Crippen LogP contribution < -0.4 is 4.72 Å². The van der Waals surface area contributed by atoms with Crippen molar-refractivity contribution >= 4 is 16.0 Å². The van der Waals surface area contributed by atoms with Gasteiger partial charge in [0.1, 0.15) is 5.56 Å². The summed E-state index contributed by atoms with van der Waals surface area (Å²) in [5.74, 6) is -1.37. The van der Waals surface area contributed by atoms with Crippen molar-refractivity contribution in [1.82, 2.24) is 14.9 Å². The highest BCUT2D eigenvalue weighted by molar-refractivity contribution is 7.89. The molecule has 1 heterocycles. The number of hydrogen-bond donors (Lipinski definition) is 4. The van der Waals surface area contributed by atoms with E-state index in [1.165, 1.54) is 0 Å².